The number of rotatable bonds is 6. The highest BCUT2D eigenvalue weighted by Crippen LogP contribution is 2.29. The molecule has 1 saturated carbocycles. The molecule has 0 aromatic rings. The lowest BCUT2D eigenvalue weighted by Crippen LogP contribution is -2.40. The van der Waals surface area contributed by atoms with Crippen molar-refractivity contribution in [2.75, 3.05) is 33.4 Å². The molecule has 0 aliphatic heterocycles. The Hall–Kier alpha value is -0.810. The van der Waals surface area contributed by atoms with E-state index in [1.165, 1.54) is 0 Å². The van der Waals surface area contributed by atoms with Gasteiger partial charge in [0.2, 0.25) is 0 Å². The maximum atomic E-state index is 10.2. The van der Waals surface area contributed by atoms with E-state index in [1.807, 2.05) is 6.92 Å². The maximum Gasteiger partial charge on any atom is 0.191 e. The van der Waals surface area contributed by atoms with E-state index in [0.29, 0.717) is 13.2 Å². The molecule has 0 unspecified atom stereocenters. The van der Waals surface area contributed by atoms with Gasteiger partial charge in [0.15, 0.2) is 5.96 Å². The third kappa shape index (κ3) is 5.37. The van der Waals surface area contributed by atoms with Crippen LogP contribution in [0.3, 0.4) is 0 Å². The average Bonchev–Trinajstić information content (AvgIpc) is 2.74. The SMILES string of the molecule is CCNC(=NCC1(O)CCCC1)NCCOC. The summed E-state index contributed by atoms with van der Waals surface area (Å²) in [4.78, 5) is 4.43. The van der Waals surface area contributed by atoms with Gasteiger partial charge in [0.25, 0.3) is 0 Å². The first-order valence-electron chi connectivity index (χ1n) is 6.44. The number of guanidine groups is 1. The smallest absolute Gasteiger partial charge is 0.191 e. The van der Waals surface area contributed by atoms with Crippen LogP contribution in [0, 0.1) is 0 Å². The van der Waals surface area contributed by atoms with Crippen molar-refractivity contribution in [1.82, 2.24) is 10.6 Å². The minimum absolute atomic E-state index is 0.481. The fourth-order valence-electron chi connectivity index (χ4n) is 2.03. The second-order valence-electron chi connectivity index (χ2n) is 4.55. The van der Waals surface area contributed by atoms with E-state index in [4.69, 9.17) is 4.74 Å². The molecule has 1 aliphatic rings. The lowest BCUT2D eigenvalue weighted by atomic mass is 10.0. The predicted octanol–water partition coefficient (Wildman–Crippen LogP) is 0.493. The van der Waals surface area contributed by atoms with Crippen LogP contribution in [-0.2, 0) is 4.74 Å². The van der Waals surface area contributed by atoms with Crippen LogP contribution in [0.25, 0.3) is 0 Å². The zero-order valence-electron chi connectivity index (χ0n) is 11.0. The van der Waals surface area contributed by atoms with Crippen LogP contribution >= 0.6 is 0 Å². The van der Waals surface area contributed by atoms with Crippen LogP contribution in [0.2, 0.25) is 0 Å². The highest BCUT2D eigenvalue weighted by Gasteiger charge is 2.30. The van der Waals surface area contributed by atoms with E-state index in [-0.39, 0.29) is 0 Å². The molecule has 0 saturated heterocycles. The lowest BCUT2D eigenvalue weighted by molar-refractivity contribution is 0.0574. The Morgan fingerprint density at radius 3 is 2.65 bits per heavy atom. The van der Waals surface area contributed by atoms with Crippen LogP contribution in [-0.4, -0.2) is 50.0 Å². The summed E-state index contributed by atoms with van der Waals surface area (Å²) in [6.45, 7) is 4.69. The van der Waals surface area contributed by atoms with Gasteiger partial charge >= 0.3 is 0 Å². The topological polar surface area (TPSA) is 65.9 Å². The zero-order chi connectivity index (χ0) is 12.6. The van der Waals surface area contributed by atoms with Crippen LogP contribution in [0.15, 0.2) is 4.99 Å². The molecule has 0 heterocycles. The third-order valence-electron chi connectivity index (χ3n) is 3.01. The Bertz CT molecular complexity index is 238. The molecule has 0 aromatic heterocycles. The van der Waals surface area contributed by atoms with E-state index in [9.17, 15) is 5.11 Å². The number of nitrogens with zero attached hydrogens (tertiary/aromatic N) is 1. The highest BCUT2D eigenvalue weighted by atomic mass is 16.5. The van der Waals surface area contributed by atoms with Gasteiger partial charge in [0.05, 0.1) is 18.8 Å². The molecule has 5 nitrogen and oxygen atoms in total. The minimum atomic E-state index is -0.580. The molecule has 5 heteroatoms. The Balaban J connectivity index is 2.38. The number of hydrogen-bond acceptors (Lipinski definition) is 3. The van der Waals surface area contributed by atoms with E-state index in [0.717, 1.165) is 44.7 Å². The second kappa shape index (κ2) is 7.50. The molecule has 0 aromatic carbocycles. The molecule has 1 aliphatic carbocycles. The van der Waals surface area contributed by atoms with Gasteiger partial charge in [0.1, 0.15) is 0 Å². The van der Waals surface area contributed by atoms with Crippen LogP contribution in [0.1, 0.15) is 32.6 Å². The Morgan fingerprint density at radius 2 is 2.06 bits per heavy atom. The summed E-state index contributed by atoms with van der Waals surface area (Å²) < 4.78 is 4.97. The van der Waals surface area contributed by atoms with E-state index >= 15 is 0 Å². The number of methoxy groups -OCH3 is 1. The summed E-state index contributed by atoms with van der Waals surface area (Å²) >= 11 is 0. The fraction of sp³-hybridized carbons (Fsp3) is 0.917. The standard InChI is InChI=1S/C12H25N3O2/c1-3-13-11(14-8-9-17-2)15-10-12(16)6-4-5-7-12/h16H,3-10H2,1-2H3,(H2,13,14,15). The zero-order valence-corrected chi connectivity index (χ0v) is 11.0. The quantitative estimate of drug-likeness (QED) is 0.361. The summed E-state index contributed by atoms with van der Waals surface area (Å²) in [5.74, 6) is 0.755. The van der Waals surface area contributed by atoms with Crippen molar-refractivity contribution in [1.29, 1.82) is 0 Å². The molecule has 17 heavy (non-hydrogen) atoms. The average molecular weight is 243 g/mol. The van der Waals surface area contributed by atoms with E-state index < -0.39 is 5.60 Å². The predicted molar refractivity (Wildman–Crippen MR) is 69.3 cm³/mol. The fourth-order valence-corrected chi connectivity index (χ4v) is 2.03. The summed E-state index contributed by atoms with van der Waals surface area (Å²) in [6.07, 6.45) is 3.96. The Labute approximate surface area is 104 Å². The first-order valence-corrected chi connectivity index (χ1v) is 6.44. The van der Waals surface area contributed by atoms with Crippen molar-refractivity contribution in [2.45, 2.75) is 38.2 Å². The van der Waals surface area contributed by atoms with Crippen LogP contribution in [0.4, 0.5) is 0 Å². The van der Waals surface area contributed by atoms with Gasteiger partial charge in [-0.3, -0.25) is 4.99 Å². The molecule has 0 atom stereocenters. The molecular weight excluding hydrogens is 218 g/mol. The van der Waals surface area contributed by atoms with Gasteiger partial charge in [-0.05, 0) is 19.8 Å². The summed E-state index contributed by atoms with van der Waals surface area (Å²) in [6, 6.07) is 0. The number of aliphatic hydroxyl groups is 1. The first-order chi connectivity index (χ1) is 8.20. The van der Waals surface area contributed by atoms with Crippen molar-refractivity contribution in [3.8, 4) is 0 Å². The number of ether oxygens (including phenoxy) is 1. The molecular formula is C12H25N3O2. The third-order valence-corrected chi connectivity index (χ3v) is 3.01. The van der Waals surface area contributed by atoms with E-state index in [2.05, 4.69) is 15.6 Å². The van der Waals surface area contributed by atoms with Gasteiger partial charge in [-0.15, -0.1) is 0 Å². The Morgan fingerprint density at radius 1 is 1.35 bits per heavy atom. The molecule has 0 bridgehead atoms. The van der Waals surface area contributed by atoms with Crippen molar-refractivity contribution in [3.05, 3.63) is 0 Å². The maximum absolute atomic E-state index is 10.2. The summed E-state index contributed by atoms with van der Waals surface area (Å²) in [5.41, 5.74) is -0.580. The largest absolute Gasteiger partial charge is 0.388 e. The van der Waals surface area contributed by atoms with Crippen molar-refractivity contribution in [3.63, 3.8) is 0 Å². The minimum Gasteiger partial charge on any atom is -0.388 e. The van der Waals surface area contributed by atoms with Gasteiger partial charge in [-0.1, -0.05) is 12.8 Å². The summed E-state index contributed by atoms with van der Waals surface area (Å²) in [7, 11) is 1.67. The van der Waals surface area contributed by atoms with E-state index in [1.54, 1.807) is 7.11 Å². The van der Waals surface area contributed by atoms with Gasteiger partial charge in [-0.2, -0.15) is 0 Å². The van der Waals surface area contributed by atoms with Gasteiger partial charge in [-0.25, -0.2) is 0 Å². The summed E-state index contributed by atoms with van der Waals surface area (Å²) in [5, 5.41) is 16.5. The Kier molecular flexibility index (Phi) is 6.29. The molecule has 3 N–H and O–H groups in total. The second-order valence-corrected chi connectivity index (χ2v) is 4.55. The first kappa shape index (κ1) is 14.3. The van der Waals surface area contributed by atoms with Crippen LogP contribution < -0.4 is 10.6 Å². The van der Waals surface area contributed by atoms with Crippen molar-refractivity contribution >= 4 is 5.96 Å². The molecule has 0 radical (unpaired) electrons. The molecule has 100 valence electrons. The van der Waals surface area contributed by atoms with Crippen molar-refractivity contribution < 1.29 is 9.84 Å². The number of hydrogen-bond donors (Lipinski definition) is 3. The molecule has 1 fully saturated rings. The number of nitrogens with one attached hydrogen (secondary N) is 2. The van der Waals surface area contributed by atoms with Gasteiger partial charge < -0.3 is 20.5 Å². The normalized spacial score (nSPS) is 19.4. The highest BCUT2D eigenvalue weighted by molar-refractivity contribution is 5.79. The molecule has 0 spiro atoms. The van der Waals surface area contributed by atoms with Gasteiger partial charge in [0, 0.05) is 20.2 Å². The van der Waals surface area contributed by atoms with Crippen LogP contribution in [0.5, 0.6) is 0 Å². The molecule has 1 rings (SSSR count). The number of aliphatic imine (C=N–C) groups is 1. The van der Waals surface area contributed by atoms with Crippen molar-refractivity contribution in [2.24, 2.45) is 4.99 Å². The molecule has 0 amide bonds. The lowest BCUT2D eigenvalue weighted by Gasteiger charge is -2.20. The monoisotopic (exact) mass is 243 g/mol.